The second kappa shape index (κ2) is 8.80. The lowest BCUT2D eigenvalue weighted by molar-refractivity contribution is 0.174. The van der Waals surface area contributed by atoms with Crippen LogP contribution in [0.5, 0.6) is 17.4 Å². The molecule has 3 aromatic heterocycles. The number of hydrogen-bond donors (Lipinski definition) is 4. The molecule has 0 atom stereocenters. The Morgan fingerprint density at radius 3 is 2.84 bits per heavy atom. The molecule has 4 N–H and O–H groups in total. The van der Waals surface area contributed by atoms with Crippen molar-refractivity contribution in [1.29, 1.82) is 0 Å². The Kier molecular flexibility index (Phi) is 5.13. The Labute approximate surface area is 215 Å². The number of imidazole rings is 1. The first kappa shape index (κ1) is 22.2. The van der Waals surface area contributed by atoms with Gasteiger partial charge in [-0.25, -0.2) is 9.78 Å². The third-order valence-corrected chi connectivity index (χ3v) is 6.54. The molecule has 0 spiro atoms. The molecule has 11 heteroatoms. The Morgan fingerprint density at radius 2 is 2.00 bits per heavy atom. The lowest BCUT2D eigenvalue weighted by atomic mass is 9.99. The number of fused-ring (bicyclic) bond motifs is 2. The molecule has 1 saturated carbocycles. The van der Waals surface area contributed by atoms with Crippen LogP contribution in [0.4, 0.5) is 5.82 Å². The van der Waals surface area contributed by atoms with Gasteiger partial charge in [-0.05, 0) is 47.7 Å². The molecule has 5 aromatic rings. The third kappa shape index (κ3) is 4.13. The number of rotatable bonds is 6. The van der Waals surface area contributed by atoms with E-state index in [0.717, 1.165) is 41.0 Å². The van der Waals surface area contributed by atoms with Gasteiger partial charge < -0.3 is 24.9 Å². The fraction of sp³-hybridized carbons (Fsp3) is 0.185. The van der Waals surface area contributed by atoms with Crippen molar-refractivity contribution in [1.82, 2.24) is 24.6 Å². The van der Waals surface area contributed by atoms with Crippen LogP contribution in [0.2, 0.25) is 0 Å². The van der Waals surface area contributed by atoms with E-state index in [1.807, 2.05) is 36.4 Å². The van der Waals surface area contributed by atoms with Gasteiger partial charge in [-0.2, -0.15) is 9.61 Å². The molecule has 2 aromatic carbocycles. The van der Waals surface area contributed by atoms with E-state index in [1.54, 1.807) is 16.8 Å². The Hall–Kier alpha value is -5.06. The summed E-state index contributed by atoms with van der Waals surface area (Å²) < 4.78 is 12.7. The van der Waals surface area contributed by atoms with Gasteiger partial charge in [0.05, 0.1) is 12.2 Å². The molecule has 4 heterocycles. The molecule has 0 radical (unpaired) electrons. The van der Waals surface area contributed by atoms with Crippen molar-refractivity contribution in [3.8, 4) is 28.5 Å². The predicted molar refractivity (Wildman–Crippen MR) is 139 cm³/mol. The first-order chi connectivity index (χ1) is 18.6. The number of anilines is 1. The maximum Gasteiger partial charge on any atom is 0.326 e. The van der Waals surface area contributed by atoms with Crippen LogP contribution in [0.25, 0.3) is 22.9 Å². The normalized spacial score (nSPS) is 15.5. The predicted octanol–water partition coefficient (Wildman–Crippen LogP) is 2.07. The van der Waals surface area contributed by atoms with Crippen LogP contribution in [-0.2, 0) is 6.54 Å². The zero-order chi connectivity index (χ0) is 25.6. The molecule has 190 valence electrons. The standard InChI is InChI=1S/C27H23N7O4/c35-26-20(31-27(36)33-26)9-17-13-29-34-24(30-18-6-7-18)11-23(32-25(17)34)28-12-16-3-1-2-4-19(16)15-5-8-21-22(10-15)38-14-37-21/h1-5,8-11,13,18,28,35H,6-7,12,14H2,(H2,31,33,36). The van der Waals surface area contributed by atoms with Crippen LogP contribution in [0.1, 0.15) is 24.1 Å². The van der Waals surface area contributed by atoms with Gasteiger partial charge in [-0.3, -0.25) is 9.98 Å². The fourth-order valence-corrected chi connectivity index (χ4v) is 4.49. The lowest BCUT2D eigenvalue weighted by Crippen LogP contribution is -2.20. The van der Waals surface area contributed by atoms with E-state index in [2.05, 4.69) is 32.5 Å². The van der Waals surface area contributed by atoms with Crippen LogP contribution >= 0.6 is 0 Å². The van der Waals surface area contributed by atoms with Gasteiger partial charge in [0.2, 0.25) is 12.7 Å². The van der Waals surface area contributed by atoms with Crippen molar-refractivity contribution in [2.75, 3.05) is 12.1 Å². The molecule has 0 amide bonds. The first-order valence-electron chi connectivity index (χ1n) is 12.3. The number of nitrogens with one attached hydrogen (secondary N) is 3. The zero-order valence-electron chi connectivity index (χ0n) is 20.1. The largest absolute Gasteiger partial charge is 0.493 e. The van der Waals surface area contributed by atoms with Gasteiger partial charge in [0.1, 0.15) is 11.5 Å². The number of aromatic hydroxyl groups is 1. The quantitative estimate of drug-likeness (QED) is 0.275. The lowest BCUT2D eigenvalue weighted by Gasteiger charge is -2.12. The Balaban J connectivity index is 1.26. The third-order valence-electron chi connectivity index (χ3n) is 6.54. The summed E-state index contributed by atoms with van der Waals surface area (Å²) in [5, 5.41) is 18.6. The molecule has 0 bridgehead atoms. The summed E-state index contributed by atoms with van der Waals surface area (Å²) in [5.41, 5.74) is 4.20. The van der Waals surface area contributed by atoms with Gasteiger partial charge in [-0.15, -0.1) is 0 Å². The van der Waals surface area contributed by atoms with E-state index in [1.165, 1.54) is 0 Å². The topological polar surface area (TPSA) is 142 Å². The maximum absolute atomic E-state index is 11.6. The molecular weight excluding hydrogens is 486 g/mol. The van der Waals surface area contributed by atoms with E-state index >= 15 is 0 Å². The van der Waals surface area contributed by atoms with Crippen molar-refractivity contribution < 1.29 is 14.6 Å². The minimum absolute atomic E-state index is 0.234. The summed E-state index contributed by atoms with van der Waals surface area (Å²) in [4.78, 5) is 26.1. The van der Waals surface area contributed by atoms with E-state index in [-0.39, 0.29) is 24.4 Å². The van der Waals surface area contributed by atoms with Crippen LogP contribution < -0.4 is 31.2 Å². The molecule has 1 aliphatic carbocycles. The highest BCUT2D eigenvalue weighted by molar-refractivity contribution is 5.71. The second-order valence-corrected chi connectivity index (χ2v) is 9.26. The minimum Gasteiger partial charge on any atom is -0.493 e. The van der Waals surface area contributed by atoms with Gasteiger partial charge in [0, 0.05) is 17.8 Å². The fourth-order valence-electron chi connectivity index (χ4n) is 4.49. The molecule has 0 unspecified atom stereocenters. The molecule has 0 saturated heterocycles. The molecule has 2 aliphatic rings. The smallest absolute Gasteiger partial charge is 0.326 e. The Morgan fingerprint density at radius 1 is 1.13 bits per heavy atom. The number of aromatic amines is 2. The van der Waals surface area contributed by atoms with Crippen LogP contribution in [0.3, 0.4) is 0 Å². The highest BCUT2D eigenvalue weighted by Gasteiger charge is 2.20. The molecule has 7 rings (SSSR count). The van der Waals surface area contributed by atoms with E-state index in [0.29, 0.717) is 28.7 Å². The maximum atomic E-state index is 11.6. The summed E-state index contributed by atoms with van der Waals surface area (Å²) in [5.74, 6) is 1.88. The molecule has 11 nitrogen and oxygen atoms in total. The van der Waals surface area contributed by atoms with Crippen molar-refractivity contribution in [3.05, 3.63) is 87.2 Å². The summed E-state index contributed by atoms with van der Waals surface area (Å²) in [6.07, 6.45) is 5.36. The number of aromatic nitrogens is 5. The van der Waals surface area contributed by atoms with Gasteiger partial charge in [-0.1, -0.05) is 30.3 Å². The summed E-state index contributed by atoms with van der Waals surface area (Å²) in [6, 6.07) is 16.3. The van der Waals surface area contributed by atoms with E-state index in [9.17, 15) is 9.90 Å². The van der Waals surface area contributed by atoms with Crippen LogP contribution in [0, 0.1) is 0 Å². The van der Waals surface area contributed by atoms with Gasteiger partial charge in [0.25, 0.3) is 0 Å². The average molecular weight is 510 g/mol. The SMILES string of the molecule is O=c1[nH]c(O)c(C=c2cnn3c(=NC4CC4)cc(NCc4ccccc4-c4ccc5c(c4)OCO5)nc23)[nH]1. The second-order valence-electron chi connectivity index (χ2n) is 9.26. The highest BCUT2D eigenvalue weighted by Crippen LogP contribution is 2.36. The first-order valence-corrected chi connectivity index (χ1v) is 12.3. The summed E-state index contributed by atoms with van der Waals surface area (Å²) in [6.45, 7) is 0.758. The molecule has 38 heavy (non-hydrogen) atoms. The molecular formula is C27H23N7O4. The number of hydrogen-bond acceptors (Lipinski definition) is 8. The van der Waals surface area contributed by atoms with Crippen molar-refractivity contribution >= 4 is 17.5 Å². The van der Waals surface area contributed by atoms with Gasteiger partial charge in [0.15, 0.2) is 22.6 Å². The summed E-state index contributed by atoms with van der Waals surface area (Å²) >= 11 is 0. The van der Waals surface area contributed by atoms with Crippen molar-refractivity contribution in [3.63, 3.8) is 0 Å². The Bertz CT molecular complexity index is 1870. The minimum atomic E-state index is -0.494. The van der Waals surface area contributed by atoms with Crippen molar-refractivity contribution in [2.45, 2.75) is 25.4 Å². The number of benzene rings is 2. The number of H-pyrrole nitrogens is 2. The monoisotopic (exact) mass is 509 g/mol. The highest BCUT2D eigenvalue weighted by atomic mass is 16.7. The van der Waals surface area contributed by atoms with E-state index in [4.69, 9.17) is 19.5 Å². The van der Waals surface area contributed by atoms with Crippen molar-refractivity contribution in [2.24, 2.45) is 4.99 Å². The number of ether oxygens (including phenoxy) is 2. The van der Waals surface area contributed by atoms with Crippen LogP contribution in [-0.4, -0.2) is 42.5 Å². The van der Waals surface area contributed by atoms with Crippen LogP contribution in [0.15, 0.2) is 64.5 Å². The zero-order valence-corrected chi connectivity index (χ0v) is 20.1. The van der Waals surface area contributed by atoms with Gasteiger partial charge >= 0.3 is 5.69 Å². The summed E-state index contributed by atoms with van der Waals surface area (Å²) in [7, 11) is 0. The number of nitrogens with zero attached hydrogens (tertiary/aromatic N) is 4. The van der Waals surface area contributed by atoms with E-state index < -0.39 is 5.69 Å². The average Bonchev–Trinajstić information content (AvgIpc) is 3.30. The molecule has 1 aliphatic heterocycles. The molecule has 1 fully saturated rings.